The number of halogens is 1. The first kappa shape index (κ1) is 13.3. The first-order valence-corrected chi connectivity index (χ1v) is 6.86. The van der Waals surface area contributed by atoms with Crippen molar-refractivity contribution in [2.24, 2.45) is 5.73 Å². The quantitative estimate of drug-likeness (QED) is 0.873. The zero-order valence-electron chi connectivity index (χ0n) is 11.0. The molecule has 94 valence electrons. The minimum Gasteiger partial charge on any atom is -0.320 e. The van der Waals surface area contributed by atoms with E-state index in [9.17, 15) is 0 Å². The minimum absolute atomic E-state index is 0.0684. The molecule has 0 amide bonds. The zero-order valence-corrected chi connectivity index (χ0v) is 12.6. The van der Waals surface area contributed by atoms with E-state index in [0.717, 1.165) is 10.0 Å². The van der Waals surface area contributed by atoms with Gasteiger partial charge in [-0.3, -0.25) is 0 Å². The van der Waals surface area contributed by atoms with Gasteiger partial charge in [-0.15, -0.1) is 0 Å². The Labute approximate surface area is 117 Å². The second-order valence-electron chi connectivity index (χ2n) is 4.90. The highest BCUT2D eigenvalue weighted by Gasteiger charge is 2.12. The Morgan fingerprint density at radius 3 is 2.33 bits per heavy atom. The van der Waals surface area contributed by atoms with E-state index >= 15 is 0 Å². The van der Waals surface area contributed by atoms with Crippen molar-refractivity contribution in [3.63, 3.8) is 0 Å². The van der Waals surface area contributed by atoms with Crippen molar-refractivity contribution in [2.75, 3.05) is 0 Å². The van der Waals surface area contributed by atoms with E-state index in [2.05, 4.69) is 73.1 Å². The molecule has 18 heavy (non-hydrogen) atoms. The molecule has 2 rings (SSSR count). The van der Waals surface area contributed by atoms with Crippen LogP contribution in [0.4, 0.5) is 0 Å². The van der Waals surface area contributed by atoms with E-state index in [1.165, 1.54) is 22.3 Å². The maximum atomic E-state index is 6.40. The van der Waals surface area contributed by atoms with Crippen LogP contribution < -0.4 is 5.73 Å². The second kappa shape index (κ2) is 5.25. The van der Waals surface area contributed by atoms with Gasteiger partial charge in [0.1, 0.15) is 0 Å². The van der Waals surface area contributed by atoms with E-state index in [1.54, 1.807) is 0 Å². The fraction of sp³-hybridized carbons (Fsp3) is 0.250. The molecule has 1 unspecified atom stereocenters. The van der Waals surface area contributed by atoms with Crippen LogP contribution in [0.1, 0.15) is 33.9 Å². The molecule has 0 radical (unpaired) electrons. The predicted octanol–water partition coefficient (Wildman–Crippen LogP) is 4.42. The third-order valence-corrected chi connectivity index (χ3v) is 3.65. The van der Waals surface area contributed by atoms with Crippen molar-refractivity contribution in [3.05, 3.63) is 68.7 Å². The summed E-state index contributed by atoms with van der Waals surface area (Å²) in [6, 6.07) is 12.7. The SMILES string of the molecule is Cc1cc(Br)cc(C(N)c2cc(C)ccc2C)c1. The molecule has 0 aliphatic carbocycles. The number of rotatable bonds is 2. The number of hydrogen-bond acceptors (Lipinski definition) is 1. The fourth-order valence-electron chi connectivity index (χ4n) is 2.22. The summed E-state index contributed by atoms with van der Waals surface area (Å²) in [6.07, 6.45) is 0. The molecule has 0 aliphatic rings. The number of nitrogens with two attached hydrogens (primary N) is 1. The average molecular weight is 304 g/mol. The van der Waals surface area contributed by atoms with Crippen LogP contribution in [0.25, 0.3) is 0 Å². The fourth-order valence-corrected chi connectivity index (χ4v) is 2.84. The Hall–Kier alpha value is -1.12. The lowest BCUT2D eigenvalue weighted by molar-refractivity contribution is 0.857. The third kappa shape index (κ3) is 2.82. The molecule has 1 nitrogen and oxygen atoms in total. The summed E-state index contributed by atoms with van der Waals surface area (Å²) in [4.78, 5) is 0. The Morgan fingerprint density at radius 2 is 1.67 bits per heavy atom. The molecule has 0 spiro atoms. The summed E-state index contributed by atoms with van der Waals surface area (Å²) in [5, 5.41) is 0. The topological polar surface area (TPSA) is 26.0 Å². The molecule has 0 saturated heterocycles. The van der Waals surface area contributed by atoms with Gasteiger partial charge in [0.05, 0.1) is 6.04 Å². The first-order valence-electron chi connectivity index (χ1n) is 6.07. The monoisotopic (exact) mass is 303 g/mol. The summed E-state index contributed by atoms with van der Waals surface area (Å²) < 4.78 is 1.08. The summed E-state index contributed by atoms with van der Waals surface area (Å²) in [7, 11) is 0. The Morgan fingerprint density at radius 1 is 0.944 bits per heavy atom. The second-order valence-corrected chi connectivity index (χ2v) is 5.82. The number of benzene rings is 2. The van der Waals surface area contributed by atoms with Gasteiger partial charge in [-0.25, -0.2) is 0 Å². The van der Waals surface area contributed by atoms with Crippen LogP contribution in [-0.2, 0) is 0 Å². The highest BCUT2D eigenvalue weighted by Crippen LogP contribution is 2.26. The van der Waals surface area contributed by atoms with E-state index in [1.807, 2.05) is 0 Å². The molecule has 2 heteroatoms. The van der Waals surface area contributed by atoms with Gasteiger partial charge in [-0.2, -0.15) is 0 Å². The van der Waals surface area contributed by atoms with Gasteiger partial charge in [0.15, 0.2) is 0 Å². The van der Waals surface area contributed by atoms with Crippen molar-refractivity contribution in [3.8, 4) is 0 Å². The van der Waals surface area contributed by atoms with Crippen LogP contribution in [0.5, 0.6) is 0 Å². The number of aryl methyl sites for hydroxylation is 3. The first-order chi connectivity index (χ1) is 8.47. The van der Waals surface area contributed by atoms with Crippen LogP contribution in [0, 0.1) is 20.8 Å². The molecule has 2 aromatic carbocycles. The smallest absolute Gasteiger partial charge is 0.0554 e. The predicted molar refractivity (Wildman–Crippen MR) is 80.8 cm³/mol. The van der Waals surface area contributed by atoms with Gasteiger partial charge in [0, 0.05) is 4.47 Å². The summed E-state index contributed by atoms with van der Waals surface area (Å²) in [5.74, 6) is 0. The molecule has 2 N–H and O–H groups in total. The van der Waals surface area contributed by atoms with E-state index in [0.29, 0.717) is 0 Å². The zero-order chi connectivity index (χ0) is 13.3. The molecule has 0 saturated carbocycles. The average Bonchev–Trinajstić information content (AvgIpc) is 2.30. The van der Waals surface area contributed by atoms with Gasteiger partial charge >= 0.3 is 0 Å². The van der Waals surface area contributed by atoms with Crippen LogP contribution in [0.2, 0.25) is 0 Å². The normalized spacial score (nSPS) is 12.5. The van der Waals surface area contributed by atoms with E-state index in [-0.39, 0.29) is 6.04 Å². The lowest BCUT2D eigenvalue weighted by atomic mass is 9.93. The minimum atomic E-state index is -0.0684. The third-order valence-electron chi connectivity index (χ3n) is 3.19. The Kier molecular flexibility index (Phi) is 3.88. The lowest BCUT2D eigenvalue weighted by Gasteiger charge is -2.17. The van der Waals surface area contributed by atoms with Crippen molar-refractivity contribution < 1.29 is 0 Å². The van der Waals surface area contributed by atoms with E-state index in [4.69, 9.17) is 5.73 Å². The molecule has 0 aliphatic heterocycles. The van der Waals surface area contributed by atoms with Crippen molar-refractivity contribution in [1.29, 1.82) is 0 Å². The summed E-state index contributed by atoms with van der Waals surface area (Å²) >= 11 is 3.53. The van der Waals surface area contributed by atoms with E-state index < -0.39 is 0 Å². The van der Waals surface area contributed by atoms with Crippen LogP contribution in [0.3, 0.4) is 0 Å². The van der Waals surface area contributed by atoms with Gasteiger partial charge < -0.3 is 5.73 Å². The largest absolute Gasteiger partial charge is 0.320 e. The van der Waals surface area contributed by atoms with Crippen LogP contribution in [0.15, 0.2) is 40.9 Å². The Balaban J connectivity index is 2.47. The molecule has 0 fully saturated rings. The van der Waals surface area contributed by atoms with Crippen LogP contribution in [-0.4, -0.2) is 0 Å². The van der Waals surface area contributed by atoms with Gasteiger partial charge in [-0.1, -0.05) is 45.8 Å². The van der Waals surface area contributed by atoms with Crippen molar-refractivity contribution in [1.82, 2.24) is 0 Å². The molecule has 0 heterocycles. The maximum absolute atomic E-state index is 6.40. The molecular formula is C16H18BrN. The molecular weight excluding hydrogens is 286 g/mol. The number of hydrogen-bond donors (Lipinski definition) is 1. The highest BCUT2D eigenvalue weighted by atomic mass is 79.9. The van der Waals surface area contributed by atoms with Crippen molar-refractivity contribution >= 4 is 15.9 Å². The lowest BCUT2D eigenvalue weighted by Crippen LogP contribution is -2.13. The summed E-state index contributed by atoms with van der Waals surface area (Å²) in [6.45, 7) is 6.30. The van der Waals surface area contributed by atoms with Gasteiger partial charge in [0.25, 0.3) is 0 Å². The molecule has 1 atom stereocenters. The standard InChI is InChI=1S/C16H18BrN/c1-10-4-5-12(3)15(8-10)16(18)13-6-11(2)7-14(17)9-13/h4-9,16H,18H2,1-3H3. The Bertz CT molecular complexity index is 555. The van der Waals surface area contributed by atoms with Crippen LogP contribution >= 0.6 is 15.9 Å². The van der Waals surface area contributed by atoms with Gasteiger partial charge in [0.2, 0.25) is 0 Å². The van der Waals surface area contributed by atoms with Gasteiger partial charge in [-0.05, 0) is 55.2 Å². The summed E-state index contributed by atoms with van der Waals surface area (Å²) in [5.41, 5.74) is 12.5. The molecule has 2 aromatic rings. The molecule has 0 bridgehead atoms. The maximum Gasteiger partial charge on any atom is 0.0554 e. The molecule has 0 aromatic heterocycles. The highest BCUT2D eigenvalue weighted by molar-refractivity contribution is 9.10. The van der Waals surface area contributed by atoms with Crippen molar-refractivity contribution in [2.45, 2.75) is 26.8 Å².